The molecule has 1 saturated carbocycles. The van der Waals surface area contributed by atoms with E-state index in [1.165, 1.54) is 6.07 Å². The number of anilines is 1. The number of benzene rings is 3. The molecule has 3 atom stereocenters. The number of halogens is 3. The molecule has 3 aromatic carbocycles. The van der Waals surface area contributed by atoms with Crippen molar-refractivity contribution in [2.24, 2.45) is 13.0 Å². The molecule has 1 fully saturated rings. The van der Waals surface area contributed by atoms with E-state index in [-0.39, 0.29) is 34.2 Å². The standard InChI is InChI=1S/C31H29Cl2FN4O3S/c1-37-14-13-35-30(37)18-38(31(39)26-17-24(26)20-5-8-21(32)9-6-20)22-10-7-19-3-2-4-29(25(19)15-22)36-42(40,41)23-11-12-28(34)27(33)16-23/h5-16,24,26,29,36H,2-4,17-18H2,1H3/t24-,26?,29+/m1/s1. The van der Waals surface area contributed by atoms with E-state index in [9.17, 15) is 17.6 Å². The van der Waals surface area contributed by atoms with Gasteiger partial charge >= 0.3 is 0 Å². The summed E-state index contributed by atoms with van der Waals surface area (Å²) in [6.45, 7) is 0.273. The number of hydrogen-bond donors (Lipinski definition) is 1. The Hall–Kier alpha value is -3.24. The lowest BCUT2D eigenvalue weighted by Gasteiger charge is -2.29. The Labute approximate surface area is 254 Å². The summed E-state index contributed by atoms with van der Waals surface area (Å²) in [5.41, 5.74) is 3.60. The highest BCUT2D eigenvalue weighted by atomic mass is 35.5. The minimum absolute atomic E-state index is 0.00760. The lowest BCUT2D eigenvalue weighted by Crippen LogP contribution is -2.34. The predicted octanol–water partition coefficient (Wildman–Crippen LogP) is 6.56. The Morgan fingerprint density at radius 2 is 1.90 bits per heavy atom. The molecule has 218 valence electrons. The number of nitrogens with one attached hydrogen (secondary N) is 1. The van der Waals surface area contributed by atoms with Gasteiger partial charge in [0.25, 0.3) is 0 Å². The van der Waals surface area contributed by atoms with Crippen LogP contribution in [-0.2, 0) is 34.8 Å². The van der Waals surface area contributed by atoms with Crippen LogP contribution < -0.4 is 9.62 Å². The maximum Gasteiger partial charge on any atom is 0.241 e. The van der Waals surface area contributed by atoms with Crippen molar-refractivity contribution in [1.29, 1.82) is 0 Å². The second-order valence-corrected chi connectivity index (χ2v) is 13.5. The number of aryl methyl sites for hydroxylation is 2. The van der Waals surface area contributed by atoms with E-state index in [0.29, 0.717) is 17.1 Å². The molecule has 7 nitrogen and oxygen atoms in total. The van der Waals surface area contributed by atoms with Gasteiger partial charge in [0.15, 0.2) is 0 Å². The number of rotatable bonds is 8. The van der Waals surface area contributed by atoms with E-state index in [1.54, 1.807) is 11.1 Å². The van der Waals surface area contributed by atoms with Crippen LogP contribution in [0.1, 0.15) is 53.7 Å². The fourth-order valence-corrected chi connectivity index (χ4v) is 7.36. The normalized spacial score (nSPS) is 19.8. The molecular formula is C31H29Cl2FN4O3S. The molecule has 4 aromatic rings. The van der Waals surface area contributed by atoms with Gasteiger partial charge in [-0.3, -0.25) is 4.79 Å². The number of fused-ring (bicyclic) bond motifs is 1. The summed E-state index contributed by atoms with van der Waals surface area (Å²) >= 11 is 11.9. The number of carbonyl (C=O) groups is 1. The first-order valence-electron chi connectivity index (χ1n) is 13.7. The number of aromatic nitrogens is 2. The van der Waals surface area contributed by atoms with Crippen molar-refractivity contribution in [3.05, 3.63) is 111 Å². The van der Waals surface area contributed by atoms with E-state index in [0.717, 1.165) is 53.9 Å². The molecule has 0 bridgehead atoms. The quantitative estimate of drug-likeness (QED) is 0.240. The Morgan fingerprint density at radius 3 is 2.62 bits per heavy atom. The van der Waals surface area contributed by atoms with Crippen LogP contribution in [-0.4, -0.2) is 23.9 Å². The first-order chi connectivity index (χ1) is 20.1. The largest absolute Gasteiger partial charge is 0.337 e. The van der Waals surface area contributed by atoms with Gasteiger partial charge in [-0.15, -0.1) is 0 Å². The molecule has 0 radical (unpaired) electrons. The fraction of sp³-hybridized carbons (Fsp3) is 0.290. The van der Waals surface area contributed by atoms with Crippen LogP contribution in [0.4, 0.5) is 10.1 Å². The van der Waals surface area contributed by atoms with Gasteiger partial charge in [0.1, 0.15) is 11.6 Å². The van der Waals surface area contributed by atoms with Crippen LogP contribution in [0.2, 0.25) is 10.0 Å². The summed E-state index contributed by atoms with van der Waals surface area (Å²) in [5.74, 6) is -0.0324. The Bertz CT molecular complexity index is 1760. The zero-order valence-electron chi connectivity index (χ0n) is 22.8. The molecule has 1 aromatic heterocycles. The van der Waals surface area contributed by atoms with Crippen molar-refractivity contribution in [3.8, 4) is 0 Å². The highest BCUT2D eigenvalue weighted by Gasteiger charge is 2.46. The van der Waals surface area contributed by atoms with E-state index in [4.69, 9.17) is 23.2 Å². The van der Waals surface area contributed by atoms with Crippen LogP contribution in [0, 0.1) is 11.7 Å². The molecule has 0 spiro atoms. The van der Waals surface area contributed by atoms with Gasteiger partial charge in [-0.1, -0.05) is 41.4 Å². The van der Waals surface area contributed by atoms with Crippen molar-refractivity contribution in [3.63, 3.8) is 0 Å². The number of amides is 1. The molecule has 1 unspecified atom stereocenters. The first-order valence-corrected chi connectivity index (χ1v) is 16.0. The lowest BCUT2D eigenvalue weighted by atomic mass is 9.87. The van der Waals surface area contributed by atoms with Crippen LogP contribution in [0.5, 0.6) is 0 Å². The third-order valence-corrected chi connectivity index (χ3v) is 10.2. The summed E-state index contributed by atoms with van der Waals surface area (Å²) in [7, 11) is -2.10. The zero-order valence-corrected chi connectivity index (χ0v) is 25.1. The third-order valence-electron chi connectivity index (χ3n) is 8.15. The van der Waals surface area contributed by atoms with E-state index in [2.05, 4.69) is 9.71 Å². The highest BCUT2D eigenvalue weighted by Crippen LogP contribution is 2.49. The van der Waals surface area contributed by atoms with Gasteiger partial charge < -0.3 is 9.47 Å². The van der Waals surface area contributed by atoms with Crippen LogP contribution >= 0.6 is 23.2 Å². The lowest BCUT2D eigenvalue weighted by molar-refractivity contribution is -0.120. The minimum atomic E-state index is -3.99. The smallest absolute Gasteiger partial charge is 0.241 e. The fourth-order valence-electron chi connectivity index (χ4n) is 5.71. The SMILES string of the molecule is Cn1ccnc1CN(C(=O)C1C[C@@H]1c1ccc(Cl)cc1)c1ccc2c(c1)[C@@H](NS(=O)(=O)c1ccc(F)c(Cl)c1)CCC2. The zero-order chi connectivity index (χ0) is 29.6. The van der Waals surface area contributed by atoms with Crippen molar-refractivity contribution in [1.82, 2.24) is 14.3 Å². The Morgan fingerprint density at radius 1 is 1.12 bits per heavy atom. The molecule has 42 heavy (non-hydrogen) atoms. The molecule has 1 heterocycles. The number of carbonyl (C=O) groups excluding carboxylic acids is 1. The van der Waals surface area contributed by atoms with Gasteiger partial charge in [0, 0.05) is 42.1 Å². The molecule has 0 aliphatic heterocycles. The molecule has 2 aliphatic carbocycles. The van der Waals surface area contributed by atoms with E-state index in [1.807, 2.05) is 60.3 Å². The van der Waals surface area contributed by atoms with Gasteiger partial charge in [0.05, 0.1) is 16.5 Å². The first kappa shape index (κ1) is 28.9. The predicted molar refractivity (Wildman–Crippen MR) is 161 cm³/mol. The van der Waals surface area contributed by atoms with Gasteiger partial charge in [-0.25, -0.2) is 22.5 Å². The average molecular weight is 628 g/mol. The average Bonchev–Trinajstić information content (AvgIpc) is 3.67. The summed E-state index contributed by atoms with van der Waals surface area (Å²) in [6.07, 6.45) is 6.45. The van der Waals surface area contributed by atoms with Gasteiger partial charge in [-0.2, -0.15) is 0 Å². The molecule has 1 amide bonds. The molecule has 6 rings (SSSR count). The highest BCUT2D eigenvalue weighted by molar-refractivity contribution is 7.89. The summed E-state index contributed by atoms with van der Waals surface area (Å²) in [6, 6.07) is 16.3. The van der Waals surface area contributed by atoms with Crippen LogP contribution in [0.25, 0.3) is 0 Å². The van der Waals surface area contributed by atoms with E-state index >= 15 is 0 Å². The summed E-state index contributed by atoms with van der Waals surface area (Å²) in [4.78, 5) is 20.1. The molecular weight excluding hydrogens is 598 g/mol. The third kappa shape index (κ3) is 5.83. The number of imidazole rings is 1. The molecule has 2 aliphatic rings. The monoisotopic (exact) mass is 626 g/mol. The maximum atomic E-state index is 14.0. The molecule has 1 N–H and O–H groups in total. The van der Waals surface area contributed by atoms with Crippen LogP contribution in [0.3, 0.4) is 0 Å². The minimum Gasteiger partial charge on any atom is -0.337 e. The molecule has 0 saturated heterocycles. The second kappa shape index (κ2) is 11.4. The second-order valence-electron chi connectivity index (χ2n) is 10.9. The van der Waals surface area contributed by atoms with Gasteiger partial charge in [-0.05, 0) is 90.8 Å². The van der Waals surface area contributed by atoms with Gasteiger partial charge in [0.2, 0.25) is 15.9 Å². The topological polar surface area (TPSA) is 84.3 Å². The van der Waals surface area contributed by atoms with Crippen molar-refractivity contribution >= 4 is 44.8 Å². The van der Waals surface area contributed by atoms with Crippen LogP contribution in [0.15, 0.2) is 78.0 Å². The number of nitrogens with zero attached hydrogens (tertiary/aromatic N) is 3. The summed E-state index contributed by atoms with van der Waals surface area (Å²) < 4.78 is 44.9. The van der Waals surface area contributed by atoms with Crippen molar-refractivity contribution < 1.29 is 17.6 Å². The van der Waals surface area contributed by atoms with Crippen molar-refractivity contribution in [2.45, 2.75) is 49.1 Å². The summed E-state index contributed by atoms with van der Waals surface area (Å²) in [5, 5.41) is 0.394. The number of hydrogen-bond acceptors (Lipinski definition) is 4. The Balaban J connectivity index is 1.31. The van der Waals surface area contributed by atoms with E-state index < -0.39 is 21.9 Å². The maximum absolute atomic E-state index is 14.0. The Kier molecular flexibility index (Phi) is 7.87. The number of sulfonamides is 1. The molecule has 11 heteroatoms. The van der Waals surface area contributed by atoms with Crippen molar-refractivity contribution in [2.75, 3.05) is 4.90 Å².